The fourth-order valence-corrected chi connectivity index (χ4v) is 3.94. The molecule has 0 saturated carbocycles. The van der Waals surface area contributed by atoms with Crippen molar-refractivity contribution in [3.63, 3.8) is 0 Å². The number of rotatable bonds is 9. The van der Waals surface area contributed by atoms with Gasteiger partial charge in [0.05, 0.1) is 0 Å². The minimum Gasteiger partial charge on any atom is -0.381 e. The maximum absolute atomic E-state index is 13.5. The second-order valence-corrected chi connectivity index (χ2v) is 8.80. The van der Waals surface area contributed by atoms with Crippen LogP contribution in [0.2, 0.25) is 0 Å². The van der Waals surface area contributed by atoms with Crippen LogP contribution in [0.3, 0.4) is 0 Å². The first-order valence-corrected chi connectivity index (χ1v) is 11.1. The molecular weight excluding hydrogens is 496 g/mol. The molecule has 1 amide bonds. The largest absolute Gasteiger partial charge is 0.435 e. The molecule has 35 heavy (non-hydrogen) atoms. The zero-order valence-electron chi connectivity index (χ0n) is 18.7. The number of pyridine rings is 1. The van der Waals surface area contributed by atoms with Gasteiger partial charge in [0.1, 0.15) is 10.6 Å². The number of thiazole rings is 1. The summed E-state index contributed by atoms with van der Waals surface area (Å²) < 4.78 is 79.0. The van der Waals surface area contributed by atoms with Crippen molar-refractivity contribution in [3.8, 4) is 0 Å². The second kappa shape index (κ2) is 11.5. The van der Waals surface area contributed by atoms with Gasteiger partial charge in [-0.2, -0.15) is 26.3 Å². The van der Waals surface area contributed by atoms with Crippen molar-refractivity contribution >= 4 is 23.1 Å². The van der Waals surface area contributed by atoms with Crippen LogP contribution in [-0.4, -0.2) is 28.3 Å². The van der Waals surface area contributed by atoms with Crippen LogP contribution < -0.4 is 11.1 Å². The number of aliphatic imine (C=N–C) groups is 1. The van der Waals surface area contributed by atoms with E-state index in [0.717, 1.165) is 12.3 Å². The number of alkyl halides is 6. The third-order valence-corrected chi connectivity index (χ3v) is 5.65. The maximum Gasteiger partial charge on any atom is 0.435 e. The Morgan fingerprint density at radius 1 is 1.23 bits per heavy atom. The van der Waals surface area contributed by atoms with E-state index in [1.165, 1.54) is 24.4 Å². The number of allylic oxidation sites excluding steroid dienone is 2. The summed E-state index contributed by atoms with van der Waals surface area (Å²) in [5.41, 5.74) is 3.63. The number of nitrogens with two attached hydrogens (primary N) is 1. The minimum atomic E-state index is -4.92. The Kier molecular flexibility index (Phi) is 9.18. The Morgan fingerprint density at radius 3 is 2.43 bits per heavy atom. The first-order valence-electron chi connectivity index (χ1n) is 10.2. The van der Waals surface area contributed by atoms with Crippen LogP contribution in [0.25, 0.3) is 0 Å². The number of halogens is 6. The number of hydrogen-bond donors (Lipinski definition) is 2. The molecule has 13 heteroatoms. The van der Waals surface area contributed by atoms with E-state index in [1.54, 1.807) is 0 Å². The topological polar surface area (TPSA) is 93.3 Å². The van der Waals surface area contributed by atoms with Crippen molar-refractivity contribution in [1.29, 1.82) is 0 Å². The molecule has 190 valence electrons. The number of nitrogens with zero attached hydrogens (tertiary/aromatic N) is 3. The Bertz CT molecular complexity index is 1090. The van der Waals surface area contributed by atoms with Crippen LogP contribution in [0.4, 0.5) is 26.3 Å². The smallest absolute Gasteiger partial charge is 0.381 e. The van der Waals surface area contributed by atoms with Crippen LogP contribution >= 0.6 is 11.3 Å². The fourth-order valence-electron chi connectivity index (χ4n) is 3.03. The molecule has 0 bridgehead atoms. The predicted octanol–water partition coefficient (Wildman–Crippen LogP) is 5.54. The number of hydrogen-bond acceptors (Lipinski definition) is 5. The lowest BCUT2D eigenvalue weighted by atomic mass is 9.91. The summed E-state index contributed by atoms with van der Waals surface area (Å²) >= 11 is 0.431. The molecule has 1 unspecified atom stereocenters. The molecule has 2 rings (SSSR count). The predicted molar refractivity (Wildman–Crippen MR) is 121 cm³/mol. The standard InChI is InChI=1S/C22H23F6N5OS/c1-4-5-8-30-18(29)20-33-17(22(26,27)28)16(35-20)19(34)32-11-14(9-12(2)3)13-6-7-15(31-10-13)21(23,24)25/h4-8,10,12,14H,1,9,11H2,2-3H3,(H2,29,30)(H,32,34)/b8-5-. The number of carbonyl (C=O) groups excluding carboxylic acids is 1. The number of carbonyl (C=O) groups is 1. The Balaban J connectivity index is 2.29. The van der Waals surface area contributed by atoms with E-state index in [9.17, 15) is 31.1 Å². The summed E-state index contributed by atoms with van der Waals surface area (Å²) in [6.45, 7) is 7.04. The van der Waals surface area contributed by atoms with E-state index >= 15 is 0 Å². The van der Waals surface area contributed by atoms with Crippen molar-refractivity contribution in [2.24, 2.45) is 16.6 Å². The van der Waals surface area contributed by atoms with Crippen LogP contribution in [0.5, 0.6) is 0 Å². The molecule has 2 aromatic heterocycles. The molecular formula is C22H23F6N5OS. The van der Waals surface area contributed by atoms with Gasteiger partial charge in [-0.1, -0.05) is 32.6 Å². The van der Waals surface area contributed by atoms with Gasteiger partial charge in [0.15, 0.2) is 16.5 Å². The second-order valence-electron chi connectivity index (χ2n) is 7.80. The Hall–Kier alpha value is -3.22. The minimum absolute atomic E-state index is 0.0829. The highest BCUT2D eigenvalue weighted by molar-refractivity contribution is 7.15. The first-order chi connectivity index (χ1) is 16.2. The van der Waals surface area contributed by atoms with Gasteiger partial charge >= 0.3 is 12.4 Å². The summed E-state index contributed by atoms with van der Waals surface area (Å²) in [6, 6.07) is 2.07. The molecule has 3 N–H and O–H groups in total. The van der Waals surface area contributed by atoms with Gasteiger partial charge in [0.2, 0.25) is 0 Å². The van der Waals surface area contributed by atoms with Crippen molar-refractivity contribution < 1.29 is 31.1 Å². The Morgan fingerprint density at radius 2 is 1.91 bits per heavy atom. The Labute approximate surface area is 201 Å². The van der Waals surface area contributed by atoms with Crippen molar-refractivity contribution in [1.82, 2.24) is 15.3 Å². The van der Waals surface area contributed by atoms with E-state index in [1.807, 2.05) is 13.8 Å². The average Bonchev–Trinajstić information content (AvgIpc) is 3.22. The molecule has 0 aliphatic heterocycles. The molecule has 6 nitrogen and oxygen atoms in total. The summed E-state index contributed by atoms with van der Waals surface area (Å²) in [4.78, 5) is 22.6. The van der Waals surface area contributed by atoms with Gasteiger partial charge in [-0.05, 0) is 30.0 Å². The SMILES string of the molecule is C=C/C=C\N=C(N)c1nc(C(F)(F)F)c(C(=O)NCC(CC(C)C)c2ccc(C(F)(F)F)nc2)s1. The molecule has 0 aromatic carbocycles. The lowest BCUT2D eigenvalue weighted by Gasteiger charge is -2.20. The van der Waals surface area contributed by atoms with Gasteiger partial charge in [0.25, 0.3) is 5.91 Å². The maximum atomic E-state index is 13.5. The highest BCUT2D eigenvalue weighted by Crippen LogP contribution is 2.35. The third kappa shape index (κ3) is 7.91. The number of amidine groups is 1. The molecule has 0 fully saturated rings. The van der Waals surface area contributed by atoms with Gasteiger partial charge in [0, 0.05) is 24.9 Å². The zero-order valence-corrected chi connectivity index (χ0v) is 19.6. The highest BCUT2D eigenvalue weighted by Gasteiger charge is 2.40. The van der Waals surface area contributed by atoms with Crippen LogP contribution in [0.1, 0.15) is 57.8 Å². The van der Waals surface area contributed by atoms with Crippen LogP contribution in [-0.2, 0) is 12.4 Å². The summed E-state index contributed by atoms with van der Waals surface area (Å²) in [6.07, 6.45) is -4.02. The van der Waals surface area contributed by atoms with E-state index < -0.39 is 40.4 Å². The highest BCUT2D eigenvalue weighted by atomic mass is 32.1. The summed E-state index contributed by atoms with van der Waals surface area (Å²) in [7, 11) is 0. The monoisotopic (exact) mass is 519 g/mol. The third-order valence-electron chi connectivity index (χ3n) is 4.57. The first kappa shape index (κ1) is 28.0. The van der Waals surface area contributed by atoms with E-state index in [4.69, 9.17) is 5.73 Å². The van der Waals surface area contributed by atoms with E-state index in [2.05, 4.69) is 26.9 Å². The van der Waals surface area contributed by atoms with Gasteiger partial charge in [-0.3, -0.25) is 9.78 Å². The normalized spacial score (nSPS) is 13.9. The quantitative estimate of drug-likeness (QED) is 0.197. The lowest BCUT2D eigenvalue weighted by Crippen LogP contribution is -2.30. The summed E-state index contributed by atoms with van der Waals surface area (Å²) in [5, 5.41) is 2.15. The number of nitrogens with one attached hydrogen (secondary N) is 1. The molecule has 0 spiro atoms. The molecule has 2 heterocycles. The number of amides is 1. The van der Waals surface area contributed by atoms with E-state index in [0.29, 0.717) is 23.3 Å². The van der Waals surface area contributed by atoms with Crippen LogP contribution in [0.15, 0.2) is 48.3 Å². The zero-order chi connectivity index (χ0) is 26.4. The number of aromatic nitrogens is 2. The molecule has 0 aliphatic carbocycles. The molecule has 0 saturated heterocycles. The molecule has 2 aromatic rings. The fraction of sp³-hybridized carbons (Fsp3) is 0.364. The van der Waals surface area contributed by atoms with Gasteiger partial charge < -0.3 is 11.1 Å². The summed E-state index contributed by atoms with van der Waals surface area (Å²) in [5.74, 6) is -1.75. The van der Waals surface area contributed by atoms with Crippen molar-refractivity contribution in [2.75, 3.05) is 6.54 Å². The lowest BCUT2D eigenvalue weighted by molar-refractivity contribution is -0.141. The van der Waals surface area contributed by atoms with Crippen LogP contribution in [0, 0.1) is 5.92 Å². The molecule has 0 radical (unpaired) electrons. The van der Waals surface area contributed by atoms with Gasteiger partial charge in [-0.15, -0.1) is 11.3 Å². The van der Waals surface area contributed by atoms with E-state index in [-0.39, 0.29) is 23.3 Å². The molecule has 1 atom stereocenters. The molecule has 0 aliphatic rings. The van der Waals surface area contributed by atoms with Crippen molar-refractivity contribution in [2.45, 2.75) is 38.5 Å². The van der Waals surface area contributed by atoms with Crippen molar-refractivity contribution in [3.05, 3.63) is 70.1 Å². The van der Waals surface area contributed by atoms with Gasteiger partial charge in [-0.25, -0.2) is 9.98 Å². The average molecular weight is 520 g/mol.